The largest absolute Gasteiger partial charge is 0.469 e. The Labute approximate surface area is 163 Å². The Balaban J connectivity index is 1.48. The van der Waals surface area contributed by atoms with Crippen LogP contribution in [0, 0.1) is 12.8 Å². The van der Waals surface area contributed by atoms with Gasteiger partial charge in [-0.15, -0.1) is 11.3 Å². The van der Waals surface area contributed by atoms with E-state index in [0.717, 1.165) is 32.5 Å². The van der Waals surface area contributed by atoms with Gasteiger partial charge < -0.3 is 14.6 Å². The van der Waals surface area contributed by atoms with Gasteiger partial charge in [0.1, 0.15) is 5.76 Å². The van der Waals surface area contributed by atoms with E-state index in [2.05, 4.69) is 15.6 Å². The molecule has 0 aromatic carbocycles. The number of furan rings is 1. The summed E-state index contributed by atoms with van der Waals surface area (Å²) >= 11 is 1.33. The highest BCUT2D eigenvalue weighted by molar-refractivity contribution is 7.14. The maximum atomic E-state index is 12.5. The number of carbonyl (C=O) groups excluding carboxylic acids is 2. The second kappa shape index (κ2) is 9.14. The van der Waals surface area contributed by atoms with Crippen molar-refractivity contribution in [3.8, 4) is 0 Å². The molecular weight excluding hydrogens is 364 g/mol. The van der Waals surface area contributed by atoms with Crippen molar-refractivity contribution in [3.05, 3.63) is 34.7 Å². The molecule has 7 nitrogen and oxygen atoms in total. The molecule has 2 N–H and O–H groups in total. The fourth-order valence-electron chi connectivity index (χ4n) is 3.32. The van der Waals surface area contributed by atoms with E-state index >= 15 is 0 Å². The van der Waals surface area contributed by atoms with E-state index in [4.69, 9.17) is 4.42 Å². The molecule has 0 spiro atoms. The lowest BCUT2D eigenvalue weighted by Gasteiger charge is -2.32. The minimum absolute atomic E-state index is 0.107. The number of hydrogen-bond acceptors (Lipinski definition) is 6. The highest BCUT2D eigenvalue weighted by Crippen LogP contribution is 2.22. The Morgan fingerprint density at radius 2 is 2.15 bits per heavy atom. The summed E-state index contributed by atoms with van der Waals surface area (Å²) in [5.74, 6) is 1.12. The molecule has 146 valence electrons. The van der Waals surface area contributed by atoms with Crippen LogP contribution in [0.5, 0.6) is 0 Å². The smallest absolute Gasteiger partial charge is 0.260 e. The Morgan fingerprint density at radius 3 is 2.81 bits per heavy atom. The molecule has 2 amide bonds. The maximum Gasteiger partial charge on any atom is 0.260 e. The summed E-state index contributed by atoms with van der Waals surface area (Å²) in [4.78, 5) is 31.0. The van der Waals surface area contributed by atoms with Gasteiger partial charge in [-0.2, -0.15) is 0 Å². The minimum Gasteiger partial charge on any atom is -0.469 e. The van der Waals surface area contributed by atoms with Crippen molar-refractivity contribution in [1.29, 1.82) is 0 Å². The SMILES string of the molecule is CNCCC1CCN(C(=O)Cc2csc(NC(=O)c3ccoc3C)n2)CC1. The van der Waals surface area contributed by atoms with E-state index in [9.17, 15) is 9.59 Å². The molecule has 0 saturated carbocycles. The summed E-state index contributed by atoms with van der Waals surface area (Å²) in [7, 11) is 1.97. The number of nitrogens with one attached hydrogen (secondary N) is 2. The quantitative estimate of drug-likeness (QED) is 0.759. The molecule has 27 heavy (non-hydrogen) atoms. The summed E-state index contributed by atoms with van der Waals surface area (Å²) in [5, 5.41) is 8.27. The monoisotopic (exact) mass is 390 g/mol. The van der Waals surface area contributed by atoms with Crippen LogP contribution in [-0.4, -0.2) is 48.4 Å². The number of carbonyl (C=O) groups is 2. The van der Waals surface area contributed by atoms with Crippen molar-refractivity contribution < 1.29 is 14.0 Å². The molecule has 1 fully saturated rings. The van der Waals surface area contributed by atoms with Crippen LogP contribution in [0.1, 0.15) is 41.1 Å². The summed E-state index contributed by atoms with van der Waals surface area (Å²) in [6.07, 6.45) is 5.06. The summed E-state index contributed by atoms with van der Waals surface area (Å²) < 4.78 is 5.15. The number of likely N-dealkylation sites (tertiary alicyclic amines) is 1. The third kappa shape index (κ3) is 5.17. The number of anilines is 1. The van der Waals surface area contributed by atoms with Crippen LogP contribution < -0.4 is 10.6 Å². The molecule has 0 unspecified atom stereocenters. The molecule has 1 saturated heterocycles. The van der Waals surface area contributed by atoms with E-state index in [0.29, 0.717) is 28.1 Å². The van der Waals surface area contributed by atoms with Crippen LogP contribution in [0.2, 0.25) is 0 Å². The fraction of sp³-hybridized carbons (Fsp3) is 0.526. The van der Waals surface area contributed by atoms with E-state index < -0.39 is 0 Å². The van der Waals surface area contributed by atoms with Gasteiger partial charge in [0, 0.05) is 18.5 Å². The zero-order chi connectivity index (χ0) is 19.2. The highest BCUT2D eigenvalue weighted by Gasteiger charge is 2.23. The number of aryl methyl sites for hydroxylation is 1. The van der Waals surface area contributed by atoms with Crippen molar-refractivity contribution in [2.45, 2.75) is 32.6 Å². The van der Waals surface area contributed by atoms with Gasteiger partial charge in [-0.05, 0) is 51.8 Å². The predicted molar refractivity (Wildman–Crippen MR) is 105 cm³/mol. The third-order valence-corrected chi connectivity index (χ3v) is 5.78. The first-order valence-corrected chi connectivity index (χ1v) is 10.2. The number of amides is 2. The van der Waals surface area contributed by atoms with E-state index in [1.165, 1.54) is 24.0 Å². The zero-order valence-electron chi connectivity index (χ0n) is 15.8. The summed E-state index contributed by atoms with van der Waals surface area (Å²) in [6, 6.07) is 1.63. The van der Waals surface area contributed by atoms with Crippen molar-refractivity contribution >= 4 is 28.3 Å². The van der Waals surface area contributed by atoms with Gasteiger partial charge in [0.2, 0.25) is 5.91 Å². The molecule has 1 aliphatic rings. The lowest BCUT2D eigenvalue weighted by Crippen LogP contribution is -2.39. The Morgan fingerprint density at radius 1 is 1.37 bits per heavy atom. The van der Waals surface area contributed by atoms with Crippen molar-refractivity contribution in [1.82, 2.24) is 15.2 Å². The van der Waals surface area contributed by atoms with Crippen LogP contribution in [0.25, 0.3) is 0 Å². The van der Waals surface area contributed by atoms with Gasteiger partial charge in [0.15, 0.2) is 5.13 Å². The molecule has 2 aromatic heterocycles. The number of hydrogen-bond donors (Lipinski definition) is 2. The Kier molecular flexibility index (Phi) is 6.63. The van der Waals surface area contributed by atoms with Crippen LogP contribution in [-0.2, 0) is 11.2 Å². The fourth-order valence-corrected chi connectivity index (χ4v) is 4.02. The molecule has 2 aromatic rings. The lowest BCUT2D eigenvalue weighted by atomic mass is 9.93. The first kappa shape index (κ1) is 19.6. The Bertz CT molecular complexity index is 778. The number of piperidine rings is 1. The average Bonchev–Trinajstić information content (AvgIpc) is 3.29. The lowest BCUT2D eigenvalue weighted by molar-refractivity contribution is -0.131. The molecule has 8 heteroatoms. The second-order valence-corrected chi connectivity index (χ2v) is 7.74. The minimum atomic E-state index is -0.253. The van der Waals surface area contributed by atoms with E-state index in [1.807, 2.05) is 17.3 Å². The van der Waals surface area contributed by atoms with E-state index in [-0.39, 0.29) is 18.2 Å². The van der Waals surface area contributed by atoms with Crippen LogP contribution >= 0.6 is 11.3 Å². The standard InChI is InChI=1S/C19H26N4O3S/c1-13-16(6-10-26-13)18(25)22-19-21-15(12-27-19)11-17(24)23-8-4-14(5-9-23)3-7-20-2/h6,10,12,14,20H,3-5,7-9,11H2,1-2H3,(H,21,22,25). The molecular formula is C19H26N4O3S. The van der Waals surface area contributed by atoms with Crippen LogP contribution in [0.3, 0.4) is 0 Å². The van der Waals surface area contributed by atoms with Crippen molar-refractivity contribution in [3.63, 3.8) is 0 Å². The molecule has 0 radical (unpaired) electrons. The number of rotatable bonds is 7. The molecule has 3 rings (SSSR count). The normalized spacial score (nSPS) is 15.1. The molecule has 0 atom stereocenters. The summed E-state index contributed by atoms with van der Waals surface area (Å²) in [6.45, 7) is 4.41. The van der Waals surface area contributed by atoms with Gasteiger partial charge in [-0.1, -0.05) is 0 Å². The number of aromatic nitrogens is 1. The zero-order valence-corrected chi connectivity index (χ0v) is 16.6. The number of thiazole rings is 1. The molecule has 0 bridgehead atoms. The van der Waals surface area contributed by atoms with Gasteiger partial charge in [0.05, 0.1) is 23.9 Å². The van der Waals surface area contributed by atoms with Crippen LogP contribution in [0.4, 0.5) is 5.13 Å². The van der Waals surface area contributed by atoms with Crippen LogP contribution in [0.15, 0.2) is 22.1 Å². The van der Waals surface area contributed by atoms with Gasteiger partial charge >= 0.3 is 0 Å². The predicted octanol–water partition coefficient (Wildman–Crippen LogP) is 2.69. The Hall–Kier alpha value is -2.19. The van der Waals surface area contributed by atoms with Gasteiger partial charge in [-0.3, -0.25) is 14.9 Å². The summed E-state index contributed by atoms with van der Waals surface area (Å²) in [5.41, 5.74) is 1.19. The molecule has 0 aliphatic carbocycles. The van der Waals surface area contributed by atoms with Crippen molar-refractivity contribution in [2.24, 2.45) is 5.92 Å². The highest BCUT2D eigenvalue weighted by atomic mass is 32.1. The average molecular weight is 391 g/mol. The topological polar surface area (TPSA) is 87.5 Å². The molecule has 3 heterocycles. The first-order chi connectivity index (χ1) is 13.1. The maximum absolute atomic E-state index is 12.5. The second-order valence-electron chi connectivity index (χ2n) is 6.88. The molecule has 1 aliphatic heterocycles. The van der Waals surface area contributed by atoms with Crippen molar-refractivity contribution in [2.75, 3.05) is 32.0 Å². The van der Waals surface area contributed by atoms with E-state index in [1.54, 1.807) is 13.0 Å². The third-order valence-electron chi connectivity index (χ3n) is 4.98. The van der Waals surface area contributed by atoms with Gasteiger partial charge in [0.25, 0.3) is 5.91 Å². The van der Waals surface area contributed by atoms with Gasteiger partial charge in [-0.25, -0.2) is 4.98 Å². The first-order valence-electron chi connectivity index (χ1n) is 9.29. The number of nitrogens with zero attached hydrogens (tertiary/aromatic N) is 2.